The topological polar surface area (TPSA) is 71.4 Å². The van der Waals surface area contributed by atoms with Crippen molar-refractivity contribution >= 4 is 48.6 Å². The van der Waals surface area contributed by atoms with E-state index in [1.165, 1.54) is 5.38 Å². The Morgan fingerprint density at radius 3 is 2.38 bits per heavy atom. The number of carbonyl (C=O) groups is 1. The zero-order valence-corrected chi connectivity index (χ0v) is 8.97. The van der Waals surface area contributed by atoms with Crippen LogP contribution in [0.3, 0.4) is 0 Å². The maximum absolute atomic E-state index is 10.9. The summed E-state index contributed by atoms with van der Waals surface area (Å²) >= 11 is 6.17. The maximum atomic E-state index is 10.9. The van der Waals surface area contributed by atoms with Crippen molar-refractivity contribution in [3.8, 4) is 0 Å². The van der Waals surface area contributed by atoms with E-state index < -0.39 is 19.9 Å². The van der Waals surface area contributed by atoms with Crippen molar-refractivity contribution in [3.05, 3.63) is 15.3 Å². The highest BCUT2D eigenvalue weighted by molar-refractivity contribution is 8.14. The van der Waals surface area contributed by atoms with Crippen molar-refractivity contribution in [1.29, 1.82) is 0 Å². The van der Waals surface area contributed by atoms with Crippen molar-refractivity contribution in [3.63, 3.8) is 0 Å². The van der Waals surface area contributed by atoms with Crippen molar-refractivity contribution in [1.82, 2.24) is 0 Å². The second-order valence-electron chi connectivity index (χ2n) is 1.98. The third-order valence-electron chi connectivity index (χ3n) is 1.14. The van der Waals surface area contributed by atoms with Gasteiger partial charge in [-0.25, -0.2) is 13.2 Å². The van der Waals surface area contributed by atoms with Crippen LogP contribution in [0.1, 0.15) is 9.67 Å². The van der Waals surface area contributed by atoms with Gasteiger partial charge in [0.05, 0.1) is 5.02 Å². The number of hydrogen-bond donors (Lipinski definition) is 1. The summed E-state index contributed by atoms with van der Waals surface area (Å²) in [5.41, 5.74) is 0. The lowest BCUT2D eigenvalue weighted by molar-refractivity contribution is 0.0698. The van der Waals surface area contributed by atoms with Gasteiger partial charge in [-0.05, 0) is 0 Å². The molecule has 0 aromatic carbocycles. The quantitative estimate of drug-likeness (QED) is 0.827. The number of hydrogen-bond acceptors (Lipinski definition) is 4. The average molecular weight is 261 g/mol. The van der Waals surface area contributed by atoms with Gasteiger partial charge in [-0.3, -0.25) is 0 Å². The van der Waals surface area contributed by atoms with Gasteiger partial charge in [0.1, 0.15) is 9.77 Å². The van der Waals surface area contributed by atoms with Crippen molar-refractivity contribution < 1.29 is 18.3 Å². The summed E-state index contributed by atoms with van der Waals surface area (Å²) in [4.78, 5) is 9.60. The fourth-order valence-corrected chi connectivity index (χ4v) is 3.83. The molecule has 1 heterocycles. The number of rotatable bonds is 2. The van der Waals surface area contributed by atoms with Gasteiger partial charge in [-0.2, -0.15) is 0 Å². The minimum atomic E-state index is -4.10. The third kappa shape index (κ3) is 2.14. The van der Waals surface area contributed by atoms with E-state index in [9.17, 15) is 13.2 Å². The van der Waals surface area contributed by atoms with Gasteiger partial charge in [0.15, 0.2) is 0 Å². The third-order valence-corrected chi connectivity index (χ3v) is 4.15. The molecule has 1 N–H and O–H groups in total. The SMILES string of the molecule is O=C(O)c1scc(Cl)c1S(=O)(=O)Cl. The summed E-state index contributed by atoms with van der Waals surface area (Å²) in [5.74, 6) is -1.36. The standard InChI is InChI=1S/C5H2Cl2O4S2/c6-2-1-12-3(5(8)9)4(2)13(7,10)11/h1H,(H,8,9). The summed E-state index contributed by atoms with van der Waals surface area (Å²) in [6.07, 6.45) is 0. The van der Waals surface area contributed by atoms with Gasteiger partial charge in [0.2, 0.25) is 0 Å². The summed E-state index contributed by atoms with van der Waals surface area (Å²) in [6, 6.07) is 0. The molecular weight excluding hydrogens is 259 g/mol. The summed E-state index contributed by atoms with van der Waals surface area (Å²) in [7, 11) is 0.890. The Morgan fingerprint density at radius 1 is 1.54 bits per heavy atom. The van der Waals surface area contributed by atoms with Crippen molar-refractivity contribution in [2.75, 3.05) is 0 Å². The van der Waals surface area contributed by atoms with Gasteiger partial charge in [0, 0.05) is 16.1 Å². The first-order valence-corrected chi connectivity index (χ1v) is 6.35. The van der Waals surface area contributed by atoms with Crippen LogP contribution in [0.4, 0.5) is 0 Å². The smallest absolute Gasteiger partial charge is 0.347 e. The first-order chi connectivity index (χ1) is 5.84. The number of halogens is 2. The van der Waals surface area contributed by atoms with Gasteiger partial charge < -0.3 is 5.11 Å². The Labute approximate surface area is 87.1 Å². The number of carboxylic acids is 1. The van der Waals surface area contributed by atoms with Crippen LogP contribution in [0, 0.1) is 0 Å². The number of carboxylic acid groups (broad SMARTS) is 1. The molecule has 4 nitrogen and oxygen atoms in total. The Balaban J connectivity index is 3.51. The van der Waals surface area contributed by atoms with E-state index >= 15 is 0 Å². The summed E-state index contributed by atoms with van der Waals surface area (Å²) < 4.78 is 21.7. The minimum absolute atomic E-state index is 0.169. The minimum Gasteiger partial charge on any atom is -0.477 e. The summed E-state index contributed by atoms with van der Waals surface area (Å²) in [5, 5.41) is 9.61. The highest BCUT2D eigenvalue weighted by Crippen LogP contribution is 2.33. The molecule has 0 saturated heterocycles. The van der Waals surface area contributed by atoms with E-state index in [1.807, 2.05) is 0 Å². The van der Waals surface area contributed by atoms with Gasteiger partial charge in [-0.1, -0.05) is 11.6 Å². The Hall–Kier alpha value is -0.300. The first kappa shape index (κ1) is 10.8. The molecule has 0 fully saturated rings. The highest BCUT2D eigenvalue weighted by atomic mass is 35.7. The lowest BCUT2D eigenvalue weighted by atomic mass is 10.5. The molecule has 0 saturated carbocycles. The summed E-state index contributed by atoms with van der Waals surface area (Å²) in [6.45, 7) is 0. The fourth-order valence-electron chi connectivity index (χ4n) is 0.701. The van der Waals surface area contributed by atoms with Crippen molar-refractivity contribution in [2.24, 2.45) is 0 Å². The van der Waals surface area contributed by atoms with Crippen LogP contribution < -0.4 is 0 Å². The molecule has 1 rings (SSSR count). The molecule has 0 aliphatic rings. The van der Waals surface area contributed by atoms with Crippen LogP contribution >= 0.6 is 33.6 Å². The van der Waals surface area contributed by atoms with Crippen LogP contribution in [-0.4, -0.2) is 19.5 Å². The molecule has 13 heavy (non-hydrogen) atoms. The molecule has 0 unspecified atom stereocenters. The van der Waals surface area contributed by atoms with Crippen LogP contribution in [0.5, 0.6) is 0 Å². The molecule has 0 aliphatic heterocycles. The molecular formula is C5H2Cl2O4S2. The van der Waals surface area contributed by atoms with Crippen LogP contribution in [-0.2, 0) is 9.05 Å². The van der Waals surface area contributed by atoms with E-state index in [1.54, 1.807) is 0 Å². The predicted octanol–water partition coefficient (Wildman–Crippen LogP) is 2.03. The zero-order valence-electron chi connectivity index (χ0n) is 5.82. The van der Waals surface area contributed by atoms with E-state index in [2.05, 4.69) is 0 Å². The molecule has 0 radical (unpaired) electrons. The zero-order chi connectivity index (χ0) is 10.2. The van der Waals surface area contributed by atoms with E-state index in [-0.39, 0.29) is 9.90 Å². The van der Waals surface area contributed by atoms with Crippen LogP contribution in [0.15, 0.2) is 10.3 Å². The van der Waals surface area contributed by atoms with Gasteiger partial charge in [0.25, 0.3) is 9.05 Å². The lowest BCUT2D eigenvalue weighted by Gasteiger charge is -1.94. The van der Waals surface area contributed by atoms with Gasteiger partial charge in [-0.15, -0.1) is 11.3 Å². The Morgan fingerprint density at radius 2 is 2.08 bits per heavy atom. The Kier molecular flexibility index (Phi) is 2.86. The van der Waals surface area contributed by atoms with E-state index in [0.29, 0.717) is 11.3 Å². The van der Waals surface area contributed by atoms with Crippen LogP contribution in [0.2, 0.25) is 5.02 Å². The molecule has 72 valence electrons. The normalized spacial score (nSPS) is 11.5. The molecule has 1 aromatic heterocycles. The molecule has 0 amide bonds. The average Bonchev–Trinajstić information content (AvgIpc) is 2.28. The second kappa shape index (κ2) is 3.45. The van der Waals surface area contributed by atoms with Crippen LogP contribution in [0.25, 0.3) is 0 Å². The Bertz CT molecular complexity index is 447. The number of aromatic carboxylic acids is 1. The second-order valence-corrected chi connectivity index (χ2v) is 5.77. The lowest BCUT2D eigenvalue weighted by Crippen LogP contribution is -2.00. The molecule has 0 aliphatic carbocycles. The monoisotopic (exact) mass is 260 g/mol. The maximum Gasteiger partial charge on any atom is 0.347 e. The van der Waals surface area contributed by atoms with E-state index in [0.717, 1.165) is 0 Å². The molecule has 0 bridgehead atoms. The van der Waals surface area contributed by atoms with Crippen molar-refractivity contribution in [2.45, 2.75) is 4.90 Å². The van der Waals surface area contributed by atoms with E-state index in [4.69, 9.17) is 27.4 Å². The molecule has 8 heteroatoms. The molecule has 0 atom stereocenters. The predicted molar refractivity (Wildman–Crippen MR) is 49.3 cm³/mol. The van der Waals surface area contributed by atoms with Gasteiger partial charge >= 0.3 is 5.97 Å². The molecule has 1 aromatic rings. The number of thiophene rings is 1. The first-order valence-electron chi connectivity index (χ1n) is 2.79. The largest absolute Gasteiger partial charge is 0.477 e. The highest BCUT2D eigenvalue weighted by Gasteiger charge is 2.25. The molecule has 0 spiro atoms. The fraction of sp³-hybridized carbons (Fsp3) is 0.